The first-order valence-corrected chi connectivity index (χ1v) is 7.14. The highest BCUT2D eigenvalue weighted by Gasteiger charge is 2.25. The van der Waals surface area contributed by atoms with Crippen LogP contribution in [0.2, 0.25) is 0 Å². The van der Waals surface area contributed by atoms with Gasteiger partial charge in [-0.2, -0.15) is 0 Å². The van der Waals surface area contributed by atoms with E-state index in [1.807, 2.05) is 6.07 Å². The molecule has 3 rings (SSSR count). The first kappa shape index (κ1) is 12.8. The third-order valence-corrected chi connectivity index (χ3v) is 4.32. The first-order valence-electron chi connectivity index (χ1n) is 6.35. The Balaban J connectivity index is 1.86. The van der Waals surface area contributed by atoms with Crippen molar-refractivity contribution >= 4 is 15.9 Å². The molecule has 0 spiro atoms. The minimum Gasteiger partial charge on any atom is -0.329 e. The number of hydrogen-bond acceptors (Lipinski definition) is 4. The molecule has 0 saturated heterocycles. The lowest BCUT2D eigenvalue weighted by molar-refractivity contribution is 0.156. The molecule has 1 aliphatic rings. The van der Waals surface area contributed by atoms with Crippen LogP contribution in [0.15, 0.2) is 35.1 Å². The fourth-order valence-corrected chi connectivity index (χ4v) is 3.12. The lowest BCUT2D eigenvalue weighted by Gasteiger charge is -2.34. The molecule has 0 radical (unpaired) electrons. The van der Waals surface area contributed by atoms with E-state index in [1.165, 1.54) is 5.56 Å². The number of aromatic nitrogens is 3. The second kappa shape index (κ2) is 5.40. The molecule has 19 heavy (non-hydrogen) atoms. The Bertz CT molecular complexity index is 568. The van der Waals surface area contributed by atoms with Crippen molar-refractivity contribution in [2.75, 3.05) is 13.1 Å². The number of hydrogen-bond donors (Lipinski definition) is 1. The zero-order valence-electron chi connectivity index (χ0n) is 10.5. The second-order valence-corrected chi connectivity index (χ2v) is 5.54. The molecule has 1 unspecified atom stereocenters. The Labute approximate surface area is 120 Å². The third kappa shape index (κ3) is 2.43. The van der Waals surface area contributed by atoms with E-state index in [-0.39, 0.29) is 6.04 Å². The molecule has 2 heterocycles. The average Bonchev–Trinajstić information content (AvgIpc) is 2.89. The molecule has 1 aliphatic heterocycles. The van der Waals surface area contributed by atoms with Gasteiger partial charge in [-0.25, -0.2) is 0 Å². The number of rotatable bonds is 3. The van der Waals surface area contributed by atoms with Crippen LogP contribution in [0.1, 0.15) is 17.4 Å². The van der Waals surface area contributed by atoms with E-state index in [4.69, 9.17) is 5.73 Å². The third-order valence-electron chi connectivity index (χ3n) is 3.60. The number of nitrogens with two attached hydrogens (primary N) is 1. The van der Waals surface area contributed by atoms with Crippen LogP contribution in [-0.4, -0.2) is 32.8 Å². The summed E-state index contributed by atoms with van der Waals surface area (Å²) in [7, 11) is 0. The standard InChI is InChI=1S/C13H16BrN5/c14-11-4-2-1-3-10(11)12(7-15)18-5-6-19-9-16-17-13(19)8-18/h1-4,9,12H,5-8,15H2. The molecule has 2 aromatic rings. The Hall–Kier alpha value is -1.24. The van der Waals surface area contributed by atoms with Gasteiger partial charge in [0.15, 0.2) is 0 Å². The number of nitrogens with zero attached hydrogens (tertiary/aromatic N) is 4. The molecule has 0 aliphatic carbocycles. The van der Waals surface area contributed by atoms with E-state index in [9.17, 15) is 0 Å². The van der Waals surface area contributed by atoms with Gasteiger partial charge < -0.3 is 10.3 Å². The van der Waals surface area contributed by atoms with Gasteiger partial charge in [0.1, 0.15) is 12.2 Å². The van der Waals surface area contributed by atoms with Crippen molar-refractivity contribution in [3.05, 3.63) is 46.5 Å². The number of fused-ring (bicyclic) bond motifs is 1. The Morgan fingerprint density at radius 1 is 1.32 bits per heavy atom. The summed E-state index contributed by atoms with van der Waals surface area (Å²) < 4.78 is 3.21. The van der Waals surface area contributed by atoms with Gasteiger partial charge in [-0.05, 0) is 11.6 Å². The fraction of sp³-hybridized carbons (Fsp3) is 0.385. The quantitative estimate of drug-likeness (QED) is 0.932. The summed E-state index contributed by atoms with van der Waals surface area (Å²) >= 11 is 3.61. The molecule has 6 heteroatoms. The van der Waals surface area contributed by atoms with Crippen LogP contribution in [0, 0.1) is 0 Å². The minimum absolute atomic E-state index is 0.209. The van der Waals surface area contributed by atoms with Gasteiger partial charge in [0.05, 0.1) is 6.54 Å². The molecule has 0 bridgehead atoms. The van der Waals surface area contributed by atoms with Gasteiger partial charge in [-0.3, -0.25) is 4.90 Å². The minimum atomic E-state index is 0.209. The van der Waals surface area contributed by atoms with Gasteiger partial charge in [0.25, 0.3) is 0 Å². The largest absolute Gasteiger partial charge is 0.329 e. The van der Waals surface area contributed by atoms with Crippen molar-refractivity contribution in [2.45, 2.75) is 19.1 Å². The van der Waals surface area contributed by atoms with Crippen molar-refractivity contribution < 1.29 is 0 Å². The van der Waals surface area contributed by atoms with Gasteiger partial charge in [0, 0.05) is 30.1 Å². The molecule has 1 aromatic heterocycles. The van der Waals surface area contributed by atoms with Crippen LogP contribution < -0.4 is 5.73 Å². The maximum Gasteiger partial charge on any atom is 0.147 e. The van der Waals surface area contributed by atoms with Crippen LogP contribution in [-0.2, 0) is 13.1 Å². The molecule has 5 nitrogen and oxygen atoms in total. The maximum absolute atomic E-state index is 5.99. The zero-order chi connectivity index (χ0) is 13.2. The topological polar surface area (TPSA) is 60.0 Å². The zero-order valence-corrected chi connectivity index (χ0v) is 12.1. The van der Waals surface area contributed by atoms with E-state index in [0.717, 1.165) is 29.9 Å². The second-order valence-electron chi connectivity index (χ2n) is 4.68. The number of halogens is 1. The smallest absolute Gasteiger partial charge is 0.147 e. The fourth-order valence-electron chi connectivity index (χ4n) is 2.57. The lowest BCUT2D eigenvalue weighted by Crippen LogP contribution is -2.39. The highest BCUT2D eigenvalue weighted by Crippen LogP contribution is 2.29. The molecule has 0 fully saturated rings. The van der Waals surface area contributed by atoms with Crippen LogP contribution in [0.4, 0.5) is 0 Å². The van der Waals surface area contributed by atoms with Crippen LogP contribution in [0.3, 0.4) is 0 Å². The summed E-state index contributed by atoms with van der Waals surface area (Å²) in [6, 6.07) is 8.47. The molecule has 2 N–H and O–H groups in total. The summed E-state index contributed by atoms with van der Waals surface area (Å²) in [5.74, 6) is 1.01. The summed E-state index contributed by atoms with van der Waals surface area (Å²) in [4.78, 5) is 2.37. The normalized spacial score (nSPS) is 17.2. The maximum atomic E-state index is 5.99. The average molecular weight is 322 g/mol. The van der Waals surface area contributed by atoms with E-state index >= 15 is 0 Å². The Morgan fingerprint density at radius 3 is 2.95 bits per heavy atom. The molecule has 100 valence electrons. The SMILES string of the molecule is NCC(c1ccccc1Br)N1CCn2cnnc2C1. The Morgan fingerprint density at radius 2 is 2.16 bits per heavy atom. The summed E-state index contributed by atoms with van der Waals surface area (Å²) in [5, 5.41) is 8.12. The molecule has 1 atom stereocenters. The Kier molecular flexibility index (Phi) is 3.63. The monoisotopic (exact) mass is 321 g/mol. The van der Waals surface area contributed by atoms with Crippen molar-refractivity contribution in [3.8, 4) is 0 Å². The summed E-state index contributed by atoms with van der Waals surface area (Å²) in [6.07, 6.45) is 1.79. The highest BCUT2D eigenvalue weighted by atomic mass is 79.9. The van der Waals surface area contributed by atoms with Crippen molar-refractivity contribution in [1.82, 2.24) is 19.7 Å². The van der Waals surface area contributed by atoms with Crippen molar-refractivity contribution in [3.63, 3.8) is 0 Å². The van der Waals surface area contributed by atoms with Gasteiger partial charge in [0.2, 0.25) is 0 Å². The predicted molar refractivity (Wildman–Crippen MR) is 76.4 cm³/mol. The summed E-state index contributed by atoms with van der Waals surface area (Å²) in [6.45, 7) is 3.28. The van der Waals surface area contributed by atoms with Crippen molar-refractivity contribution in [2.24, 2.45) is 5.73 Å². The predicted octanol–water partition coefficient (Wildman–Crippen LogP) is 1.56. The van der Waals surface area contributed by atoms with Gasteiger partial charge >= 0.3 is 0 Å². The van der Waals surface area contributed by atoms with E-state index in [1.54, 1.807) is 6.33 Å². The molecule has 0 amide bonds. The van der Waals surface area contributed by atoms with E-state index in [2.05, 4.69) is 53.8 Å². The van der Waals surface area contributed by atoms with E-state index in [0.29, 0.717) is 6.54 Å². The van der Waals surface area contributed by atoms with Gasteiger partial charge in [-0.15, -0.1) is 10.2 Å². The molecular formula is C13H16BrN5. The number of benzene rings is 1. The molecule has 0 saturated carbocycles. The highest BCUT2D eigenvalue weighted by molar-refractivity contribution is 9.10. The van der Waals surface area contributed by atoms with Crippen molar-refractivity contribution in [1.29, 1.82) is 0 Å². The molecular weight excluding hydrogens is 306 g/mol. The first-order chi connectivity index (χ1) is 9.29. The summed E-state index contributed by atoms with van der Waals surface area (Å²) in [5.41, 5.74) is 7.23. The lowest BCUT2D eigenvalue weighted by atomic mass is 10.0. The van der Waals surface area contributed by atoms with Crippen LogP contribution >= 0.6 is 15.9 Å². The molecule has 1 aromatic carbocycles. The van der Waals surface area contributed by atoms with Crippen LogP contribution in [0.5, 0.6) is 0 Å². The van der Waals surface area contributed by atoms with E-state index < -0.39 is 0 Å². The van der Waals surface area contributed by atoms with Crippen LogP contribution in [0.25, 0.3) is 0 Å². The van der Waals surface area contributed by atoms with Gasteiger partial charge in [-0.1, -0.05) is 34.1 Å².